The molecule has 1 N–H and O–H groups in total. The highest BCUT2D eigenvalue weighted by Gasteiger charge is 2.33. The van der Waals surface area contributed by atoms with Crippen LogP contribution in [0.2, 0.25) is 0 Å². The minimum Gasteiger partial charge on any atom is -0.354 e. The highest BCUT2D eigenvalue weighted by atomic mass is 19.4. The molecule has 1 aromatic heterocycles. The molecule has 0 unspecified atom stereocenters. The summed E-state index contributed by atoms with van der Waals surface area (Å²) in [5.41, 5.74) is 1.20. The fourth-order valence-electron chi connectivity index (χ4n) is 3.18. The van der Waals surface area contributed by atoms with Gasteiger partial charge in [-0.15, -0.1) is 0 Å². The van der Waals surface area contributed by atoms with E-state index in [9.17, 15) is 18.0 Å². The summed E-state index contributed by atoms with van der Waals surface area (Å²) in [6.07, 6.45) is -3.54. The highest BCUT2D eigenvalue weighted by molar-refractivity contribution is 5.96. The molecular formula is C16H22F3N5O. The molecule has 0 aromatic carbocycles. The van der Waals surface area contributed by atoms with Gasteiger partial charge in [-0.2, -0.15) is 13.2 Å². The van der Waals surface area contributed by atoms with Crippen molar-refractivity contribution in [1.29, 1.82) is 0 Å². The smallest absolute Gasteiger partial charge is 0.354 e. The second-order valence-corrected chi connectivity index (χ2v) is 6.77. The topological polar surface area (TPSA) is 61.4 Å². The van der Waals surface area contributed by atoms with Gasteiger partial charge in [0, 0.05) is 44.2 Å². The number of hydrogen-bond donors (Lipinski definition) is 1. The minimum absolute atomic E-state index is 0.0605. The maximum Gasteiger partial charge on any atom is 0.401 e. The first-order chi connectivity index (χ1) is 11.7. The Morgan fingerprint density at radius 2 is 1.84 bits per heavy atom. The van der Waals surface area contributed by atoms with Crippen molar-refractivity contribution < 1.29 is 18.0 Å². The monoisotopic (exact) mass is 357 g/mol. The molecule has 1 amide bonds. The Labute approximate surface area is 144 Å². The molecule has 0 saturated carbocycles. The summed E-state index contributed by atoms with van der Waals surface area (Å²) in [5, 5.41) is 2.79. The number of carbonyl (C=O) groups excluding carboxylic acids is 1. The second-order valence-electron chi connectivity index (χ2n) is 6.77. The number of halogens is 3. The van der Waals surface area contributed by atoms with Gasteiger partial charge in [-0.05, 0) is 6.42 Å². The summed E-state index contributed by atoms with van der Waals surface area (Å²) < 4.78 is 37.6. The fraction of sp³-hybridized carbons (Fsp3) is 0.688. The van der Waals surface area contributed by atoms with Gasteiger partial charge in [0.05, 0.1) is 6.54 Å². The molecule has 3 rings (SSSR count). The summed E-state index contributed by atoms with van der Waals surface area (Å²) in [7, 11) is 0. The highest BCUT2D eigenvalue weighted by Crippen LogP contribution is 2.27. The van der Waals surface area contributed by atoms with E-state index in [1.54, 1.807) is 0 Å². The van der Waals surface area contributed by atoms with E-state index >= 15 is 0 Å². The number of aromatic nitrogens is 2. The van der Waals surface area contributed by atoms with Gasteiger partial charge in [-0.1, -0.05) is 13.8 Å². The summed E-state index contributed by atoms with van der Waals surface area (Å²) in [4.78, 5) is 24.6. The predicted octanol–water partition coefficient (Wildman–Crippen LogP) is 1.57. The van der Waals surface area contributed by atoms with Crippen molar-refractivity contribution in [3.8, 4) is 0 Å². The third-order valence-corrected chi connectivity index (χ3v) is 4.47. The number of rotatable bonds is 3. The largest absolute Gasteiger partial charge is 0.401 e. The number of carbonyl (C=O) groups is 1. The summed E-state index contributed by atoms with van der Waals surface area (Å²) in [5.74, 6) is 1.14. The molecule has 2 aliphatic rings. The Hall–Kier alpha value is -1.90. The maximum absolute atomic E-state index is 12.5. The number of fused-ring (bicyclic) bond motifs is 1. The SMILES string of the molecule is CC(C)c1nc2c(c(N3CCN(CC(F)(F)F)CC3)n1)CCNC2=O. The average molecular weight is 357 g/mol. The van der Waals surface area contributed by atoms with E-state index in [4.69, 9.17) is 0 Å². The van der Waals surface area contributed by atoms with Crippen molar-refractivity contribution in [3.63, 3.8) is 0 Å². The lowest BCUT2D eigenvalue weighted by atomic mass is 10.0. The Morgan fingerprint density at radius 1 is 1.16 bits per heavy atom. The van der Waals surface area contributed by atoms with E-state index < -0.39 is 12.7 Å². The third-order valence-electron chi connectivity index (χ3n) is 4.47. The lowest BCUT2D eigenvalue weighted by Crippen LogP contribution is -2.50. The molecule has 1 saturated heterocycles. The van der Waals surface area contributed by atoms with Crippen LogP contribution < -0.4 is 10.2 Å². The van der Waals surface area contributed by atoms with Crippen LogP contribution in [0.5, 0.6) is 0 Å². The first kappa shape index (κ1) is 17.9. The number of nitrogens with one attached hydrogen (secondary N) is 1. The van der Waals surface area contributed by atoms with Crippen molar-refractivity contribution in [3.05, 3.63) is 17.1 Å². The first-order valence-corrected chi connectivity index (χ1v) is 8.47. The van der Waals surface area contributed by atoms with E-state index in [2.05, 4.69) is 15.3 Å². The molecule has 0 radical (unpaired) electrons. The number of piperazine rings is 1. The normalized spacial score (nSPS) is 19.1. The number of hydrogen-bond acceptors (Lipinski definition) is 5. The van der Waals surface area contributed by atoms with Crippen LogP contribution in [0.25, 0.3) is 0 Å². The summed E-state index contributed by atoms with van der Waals surface area (Å²) >= 11 is 0. The molecule has 138 valence electrons. The molecule has 0 spiro atoms. The summed E-state index contributed by atoms with van der Waals surface area (Å²) in [6.45, 7) is 5.10. The van der Waals surface area contributed by atoms with Crippen LogP contribution in [0, 0.1) is 0 Å². The third kappa shape index (κ3) is 4.02. The van der Waals surface area contributed by atoms with E-state index in [0.717, 1.165) is 5.56 Å². The number of anilines is 1. The van der Waals surface area contributed by atoms with Crippen LogP contribution in [0.4, 0.5) is 19.0 Å². The van der Waals surface area contributed by atoms with Crippen molar-refractivity contribution in [2.24, 2.45) is 0 Å². The fourth-order valence-corrected chi connectivity index (χ4v) is 3.18. The zero-order chi connectivity index (χ0) is 18.2. The van der Waals surface area contributed by atoms with Crippen molar-refractivity contribution in [1.82, 2.24) is 20.2 Å². The van der Waals surface area contributed by atoms with E-state index in [1.165, 1.54) is 4.90 Å². The Kier molecular flexibility index (Phi) is 4.86. The average Bonchev–Trinajstić information content (AvgIpc) is 2.54. The van der Waals surface area contributed by atoms with Crippen LogP contribution in [-0.4, -0.2) is 66.2 Å². The van der Waals surface area contributed by atoms with Gasteiger partial charge in [0.15, 0.2) is 0 Å². The van der Waals surface area contributed by atoms with E-state index in [1.807, 2.05) is 18.7 Å². The summed E-state index contributed by atoms with van der Waals surface area (Å²) in [6, 6.07) is 0. The molecule has 1 fully saturated rings. The predicted molar refractivity (Wildman–Crippen MR) is 86.9 cm³/mol. The molecule has 0 aliphatic carbocycles. The van der Waals surface area contributed by atoms with Crippen LogP contribution in [0.1, 0.15) is 41.6 Å². The zero-order valence-corrected chi connectivity index (χ0v) is 14.4. The molecule has 25 heavy (non-hydrogen) atoms. The second kappa shape index (κ2) is 6.78. The molecule has 0 bridgehead atoms. The lowest BCUT2D eigenvalue weighted by Gasteiger charge is -2.37. The van der Waals surface area contributed by atoms with E-state index in [0.29, 0.717) is 56.5 Å². The van der Waals surface area contributed by atoms with Gasteiger partial charge in [0.2, 0.25) is 0 Å². The number of nitrogens with zero attached hydrogens (tertiary/aromatic N) is 4. The van der Waals surface area contributed by atoms with E-state index in [-0.39, 0.29) is 11.8 Å². The van der Waals surface area contributed by atoms with Gasteiger partial charge >= 0.3 is 6.18 Å². The van der Waals surface area contributed by atoms with Crippen molar-refractivity contribution in [2.45, 2.75) is 32.4 Å². The lowest BCUT2D eigenvalue weighted by molar-refractivity contribution is -0.146. The quantitative estimate of drug-likeness (QED) is 0.890. The maximum atomic E-state index is 12.5. The van der Waals surface area contributed by atoms with Crippen LogP contribution >= 0.6 is 0 Å². The zero-order valence-electron chi connectivity index (χ0n) is 14.4. The Morgan fingerprint density at radius 3 is 2.44 bits per heavy atom. The standard InChI is InChI=1S/C16H22F3N5O/c1-10(2)13-21-12-11(3-4-20-15(12)25)14(22-13)24-7-5-23(6-8-24)9-16(17,18)19/h10H,3-9H2,1-2H3,(H,20,25). The van der Waals surface area contributed by atoms with Gasteiger partial charge in [-0.3, -0.25) is 9.69 Å². The molecule has 2 aliphatic heterocycles. The van der Waals surface area contributed by atoms with Gasteiger partial charge in [-0.25, -0.2) is 9.97 Å². The number of alkyl halides is 3. The van der Waals surface area contributed by atoms with Crippen LogP contribution in [0.15, 0.2) is 0 Å². The number of amides is 1. The van der Waals surface area contributed by atoms with Gasteiger partial charge in [0.25, 0.3) is 5.91 Å². The molecule has 1 aromatic rings. The van der Waals surface area contributed by atoms with Crippen molar-refractivity contribution >= 4 is 11.7 Å². The molecule has 6 nitrogen and oxygen atoms in total. The van der Waals surface area contributed by atoms with Crippen molar-refractivity contribution in [2.75, 3.05) is 44.2 Å². The van der Waals surface area contributed by atoms with Gasteiger partial charge < -0.3 is 10.2 Å². The first-order valence-electron chi connectivity index (χ1n) is 8.47. The van der Waals surface area contributed by atoms with Crippen LogP contribution in [-0.2, 0) is 6.42 Å². The van der Waals surface area contributed by atoms with Gasteiger partial charge in [0.1, 0.15) is 17.3 Å². The molecule has 9 heteroatoms. The Bertz CT molecular complexity index is 654. The molecular weight excluding hydrogens is 335 g/mol. The minimum atomic E-state index is -4.18. The molecule has 3 heterocycles. The van der Waals surface area contributed by atoms with Crippen LogP contribution in [0.3, 0.4) is 0 Å². The Balaban J connectivity index is 1.84. The molecule has 0 atom stereocenters.